The number of hydrazone groups is 1. The Morgan fingerprint density at radius 2 is 1.70 bits per heavy atom. The molecule has 0 radical (unpaired) electrons. The first-order chi connectivity index (χ1) is 11.2. The standard InChI is InChI=1S/C19H31N3O/c1-3-4-5-6-7-8-9-10-11-15-19(23)22-21-17(2)18-14-12-13-16-20-18/h12-14,16H,3-11,15H2,1-2H3,(H,22,23)/b21-17+. The van der Waals surface area contributed by atoms with Gasteiger partial charge in [-0.2, -0.15) is 5.10 Å². The van der Waals surface area contributed by atoms with Crippen molar-refractivity contribution < 1.29 is 4.79 Å². The van der Waals surface area contributed by atoms with E-state index in [2.05, 4.69) is 22.4 Å². The molecular weight excluding hydrogens is 286 g/mol. The van der Waals surface area contributed by atoms with Crippen molar-refractivity contribution in [1.82, 2.24) is 10.4 Å². The van der Waals surface area contributed by atoms with Gasteiger partial charge >= 0.3 is 0 Å². The van der Waals surface area contributed by atoms with E-state index in [4.69, 9.17) is 0 Å². The molecule has 128 valence electrons. The molecule has 0 aliphatic carbocycles. The molecule has 0 aliphatic heterocycles. The molecule has 1 heterocycles. The van der Waals surface area contributed by atoms with Crippen molar-refractivity contribution in [1.29, 1.82) is 0 Å². The lowest BCUT2D eigenvalue weighted by atomic mass is 10.1. The third kappa shape index (κ3) is 9.82. The van der Waals surface area contributed by atoms with Crippen molar-refractivity contribution in [3.63, 3.8) is 0 Å². The zero-order chi connectivity index (χ0) is 16.8. The van der Waals surface area contributed by atoms with E-state index in [0.29, 0.717) is 6.42 Å². The summed E-state index contributed by atoms with van der Waals surface area (Å²) < 4.78 is 0. The van der Waals surface area contributed by atoms with E-state index in [1.165, 1.54) is 44.9 Å². The van der Waals surface area contributed by atoms with E-state index < -0.39 is 0 Å². The number of amides is 1. The highest BCUT2D eigenvalue weighted by Gasteiger charge is 2.02. The summed E-state index contributed by atoms with van der Waals surface area (Å²) in [6.45, 7) is 4.09. The van der Waals surface area contributed by atoms with Gasteiger partial charge in [-0.15, -0.1) is 0 Å². The third-order valence-corrected chi connectivity index (χ3v) is 3.89. The second kappa shape index (κ2) is 12.8. The lowest BCUT2D eigenvalue weighted by Crippen LogP contribution is -2.19. The van der Waals surface area contributed by atoms with Gasteiger partial charge in [0.25, 0.3) is 0 Å². The minimum Gasteiger partial charge on any atom is -0.273 e. The molecule has 23 heavy (non-hydrogen) atoms. The summed E-state index contributed by atoms with van der Waals surface area (Å²) in [4.78, 5) is 15.9. The summed E-state index contributed by atoms with van der Waals surface area (Å²) in [7, 11) is 0. The lowest BCUT2D eigenvalue weighted by molar-refractivity contribution is -0.121. The Morgan fingerprint density at radius 3 is 2.30 bits per heavy atom. The van der Waals surface area contributed by atoms with Gasteiger partial charge in [0.1, 0.15) is 0 Å². The summed E-state index contributed by atoms with van der Waals surface area (Å²) in [5.74, 6) is -0.0109. The van der Waals surface area contributed by atoms with Crippen LogP contribution in [0, 0.1) is 0 Å². The summed E-state index contributed by atoms with van der Waals surface area (Å²) in [5.41, 5.74) is 4.13. The topological polar surface area (TPSA) is 54.4 Å². The van der Waals surface area contributed by atoms with Gasteiger partial charge in [-0.25, -0.2) is 5.43 Å². The maximum absolute atomic E-state index is 11.7. The number of nitrogens with one attached hydrogen (secondary N) is 1. The number of carbonyl (C=O) groups is 1. The van der Waals surface area contributed by atoms with Gasteiger partial charge < -0.3 is 0 Å². The smallest absolute Gasteiger partial charge is 0.240 e. The zero-order valence-electron chi connectivity index (χ0n) is 14.7. The summed E-state index contributed by atoms with van der Waals surface area (Å²) >= 11 is 0. The summed E-state index contributed by atoms with van der Waals surface area (Å²) in [5, 5.41) is 4.11. The van der Waals surface area contributed by atoms with Crippen molar-refractivity contribution in [3.8, 4) is 0 Å². The Balaban J connectivity index is 2.04. The van der Waals surface area contributed by atoms with Gasteiger partial charge in [0.05, 0.1) is 11.4 Å². The number of rotatable bonds is 12. The van der Waals surface area contributed by atoms with Crippen LogP contribution in [0.2, 0.25) is 0 Å². The van der Waals surface area contributed by atoms with Crippen LogP contribution in [0.15, 0.2) is 29.5 Å². The zero-order valence-corrected chi connectivity index (χ0v) is 14.7. The van der Waals surface area contributed by atoms with Crippen molar-refractivity contribution in [3.05, 3.63) is 30.1 Å². The number of aromatic nitrogens is 1. The first-order valence-electron chi connectivity index (χ1n) is 8.98. The monoisotopic (exact) mass is 317 g/mol. The highest BCUT2D eigenvalue weighted by Crippen LogP contribution is 2.10. The van der Waals surface area contributed by atoms with Gasteiger partial charge in [0, 0.05) is 12.6 Å². The van der Waals surface area contributed by atoms with Gasteiger partial charge in [-0.3, -0.25) is 9.78 Å². The fraction of sp³-hybridized carbons (Fsp3) is 0.632. The maximum atomic E-state index is 11.7. The van der Waals surface area contributed by atoms with Gasteiger partial charge in [0.15, 0.2) is 0 Å². The number of carbonyl (C=O) groups excluding carboxylic acids is 1. The quantitative estimate of drug-likeness (QED) is 0.340. The van der Waals surface area contributed by atoms with E-state index in [1.54, 1.807) is 6.20 Å². The van der Waals surface area contributed by atoms with Gasteiger partial charge in [0.2, 0.25) is 5.91 Å². The molecule has 0 saturated carbocycles. The highest BCUT2D eigenvalue weighted by molar-refractivity contribution is 5.97. The van der Waals surface area contributed by atoms with Crippen LogP contribution in [0.1, 0.15) is 83.7 Å². The number of pyridine rings is 1. The van der Waals surface area contributed by atoms with E-state index in [9.17, 15) is 4.79 Å². The van der Waals surface area contributed by atoms with Crippen molar-refractivity contribution in [2.24, 2.45) is 5.10 Å². The van der Waals surface area contributed by atoms with Crippen LogP contribution >= 0.6 is 0 Å². The number of hydrogen-bond acceptors (Lipinski definition) is 3. The Hall–Kier alpha value is -1.71. The lowest BCUT2D eigenvalue weighted by Gasteiger charge is -2.03. The minimum atomic E-state index is -0.0109. The number of nitrogens with zero attached hydrogens (tertiary/aromatic N) is 2. The fourth-order valence-electron chi connectivity index (χ4n) is 2.43. The number of hydrogen-bond donors (Lipinski definition) is 1. The Labute approximate surface area is 140 Å². The average molecular weight is 317 g/mol. The number of unbranched alkanes of at least 4 members (excludes halogenated alkanes) is 8. The normalized spacial score (nSPS) is 11.5. The highest BCUT2D eigenvalue weighted by atomic mass is 16.2. The molecule has 1 amide bonds. The van der Waals surface area contributed by atoms with Crippen LogP contribution in [0.25, 0.3) is 0 Å². The summed E-state index contributed by atoms with van der Waals surface area (Å²) in [6, 6.07) is 5.65. The van der Waals surface area contributed by atoms with Crippen LogP contribution in [0.4, 0.5) is 0 Å². The molecule has 4 heteroatoms. The second-order valence-corrected chi connectivity index (χ2v) is 6.03. The predicted octanol–water partition coefficient (Wildman–Crippen LogP) is 4.84. The van der Waals surface area contributed by atoms with E-state index in [1.807, 2.05) is 25.1 Å². The molecule has 0 aliphatic rings. The molecule has 0 aromatic carbocycles. The Kier molecular flexibility index (Phi) is 10.8. The van der Waals surface area contributed by atoms with Crippen LogP contribution in [0.3, 0.4) is 0 Å². The van der Waals surface area contributed by atoms with Crippen LogP contribution in [-0.4, -0.2) is 16.6 Å². The van der Waals surface area contributed by atoms with Gasteiger partial charge in [-0.1, -0.05) is 64.4 Å². The predicted molar refractivity (Wildman–Crippen MR) is 96.4 cm³/mol. The van der Waals surface area contributed by atoms with E-state index in [-0.39, 0.29) is 5.91 Å². The average Bonchev–Trinajstić information content (AvgIpc) is 2.59. The van der Waals surface area contributed by atoms with Crippen LogP contribution < -0.4 is 5.43 Å². The molecule has 1 aromatic heterocycles. The van der Waals surface area contributed by atoms with Crippen LogP contribution in [-0.2, 0) is 4.79 Å². The molecule has 0 spiro atoms. The summed E-state index contributed by atoms with van der Waals surface area (Å²) in [6.07, 6.45) is 13.6. The second-order valence-electron chi connectivity index (χ2n) is 6.03. The molecule has 0 bridgehead atoms. The molecule has 0 saturated heterocycles. The van der Waals surface area contributed by atoms with E-state index >= 15 is 0 Å². The van der Waals surface area contributed by atoms with Crippen molar-refractivity contribution in [2.75, 3.05) is 0 Å². The molecule has 1 rings (SSSR count). The maximum Gasteiger partial charge on any atom is 0.240 e. The van der Waals surface area contributed by atoms with E-state index in [0.717, 1.165) is 24.2 Å². The molecule has 0 unspecified atom stereocenters. The van der Waals surface area contributed by atoms with Crippen LogP contribution in [0.5, 0.6) is 0 Å². The first-order valence-corrected chi connectivity index (χ1v) is 8.98. The molecule has 4 nitrogen and oxygen atoms in total. The minimum absolute atomic E-state index is 0.0109. The van der Waals surface area contributed by atoms with Crippen molar-refractivity contribution in [2.45, 2.75) is 78.1 Å². The third-order valence-electron chi connectivity index (χ3n) is 3.89. The molecule has 1 N–H and O–H groups in total. The molecule has 0 fully saturated rings. The SMILES string of the molecule is CCCCCCCCCCCC(=O)N/N=C(\C)c1ccccn1. The molecule has 0 atom stereocenters. The Bertz CT molecular complexity index is 457. The van der Waals surface area contributed by atoms with Gasteiger partial charge in [-0.05, 0) is 25.5 Å². The molecular formula is C19H31N3O. The molecule has 1 aromatic rings. The fourth-order valence-corrected chi connectivity index (χ4v) is 2.43. The largest absolute Gasteiger partial charge is 0.273 e. The van der Waals surface area contributed by atoms with Crippen molar-refractivity contribution >= 4 is 11.6 Å². The Morgan fingerprint density at radius 1 is 1.04 bits per heavy atom. The first kappa shape index (κ1) is 19.3.